The number of hydrogen-bond acceptors (Lipinski definition) is 17. The molecule has 125 heavy (non-hydrogen) atoms. The number of ether oxygens (including phenoxy) is 4. The SMILES string of the molecule is CC(OC(C)(C)C)[C@@H]1NC(=O)[C@H](CCCCNC(=O)OC(C)(C)C)NC(=O)[C@@H](CC2=CCc3ccccc32)NC(=O)[C@H](Cc2ccc(OC(C)(C)C)cc2)CC(=O)[C@@H](NC(=O)[C@@H](Cc2ccccc2)NC(=O)OCC2c3ccccc3-c3ccccc32)CSSC[C@@H](C(=O)N[C@H](C(N)=O)C(C)(C)SC(c2ccccc2)(c2ccccc2)c2ccccc2)NC1=O. The van der Waals surface area contributed by atoms with Crippen molar-refractivity contribution in [1.82, 2.24) is 42.5 Å². The van der Waals surface area contributed by atoms with Gasteiger partial charge in [0.15, 0.2) is 5.78 Å². The van der Waals surface area contributed by atoms with E-state index >= 15 is 33.6 Å². The van der Waals surface area contributed by atoms with Crippen molar-refractivity contribution < 1.29 is 66.9 Å². The fourth-order valence-corrected chi connectivity index (χ4v) is 20.2. The first-order valence-corrected chi connectivity index (χ1v) is 45.9. The number of rotatable bonds is 28. The molecule has 1 heterocycles. The number of Topliss-reactive ketones (excluding diaryl/α,β-unsaturated/α-hetero) is 1. The van der Waals surface area contributed by atoms with Crippen LogP contribution in [-0.2, 0) is 76.6 Å². The number of hydrogen-bond donors (Lipinski definition) is 9. The quantitative estimate of drug-likeness (QED) is 0.0125. The third-order valence-electron chi connectivity index (χ3n) is 21.8. The molecule has 1 saturated heterocycles. The number of ketones is 1. The van der Waals surface area contributed by atoms with E-state index in [0.717, 1.165) is 71.7 Å². The van der Waals surface area contributed by atoms with E-state index < -0.39 is 146 Å². The number of alkyl carbamates (subject to hydrolysis) is 2. The third kappa shape index (κ3) is 26.2. The van der Waals surface area contributed by atoms with Gasteiger partial charge in [-0.25, -0.2) is 9.59 Å². The molecule has 8 aromatic carbocycles. The van der Waals surface area contributed by atoms with Crippen LogP contribution in [0.2, 0.25) is 0 Å². The molecule has 0 spiro atoms. The highest BCUT2D eigenvalue weighted by Crippen LogP contribution is 2.54. The summed E-state index contributed by atoms with van der Waals surface area (Å²) < 4.78 is 22.0. The van der Waals surface area contributed by atoms with Crippen molar-refractivity contribution in [3.8, 4) is 16.9 Å². The van der Waals surface area contributed by atoms with Gasteiger partial charge in [0.05, 0.1) is 22.5 Å². The maximum Gasteiger partial charge on any atom is 0.407 e. The van der Waals surface area contributed by atoms with E-state index in [1.54, 1.807) is 111 Å². The van der Waals surface area contributed by atoms with Crippen LogP contribution in [0.5, 0.6) is 5.75 Å². The average molecular weight is 1750 g/mol. The molecule has 9 amide bonds. The van der Waals surface area contributed by atoms with E-state index in [2.05, 4.69) is 42.5 Å². The first-order chi connectivity index (χ1) is 59.5. The van der Waals surface area contributed by atoms with Crippen LogP contribution in [-0.4, -0.2) is 154 Å². The van der Waals surface area contributed by atoms with Crippen molar-refractivity contribution in [3.63, 3.8) is 0 Å². The number of amides is 9. The highest BCUT2D eigenvalue weighted by atomic mass is 33.1. The summed E-state index contributed by atoms with van der Waals surface area (Å²) in [4.78, 5) is 153. The fraction of sp³-hybridized carbons (Fsp3) is 0.394. The Hall–Kier alpha value is -11.2. The summed E-state index contributed by atoms with van der Waals surface area (Å²) in [6.07, 6.45) is -0.670. The fourth-order valence-electron chi connectivity index (χ4n) is 16.0. The van der Waals surface area contributed by atoms with Crippen LogP contribution >= 0.6 is 33.3 Å². The van der Waals surface area contributed by atoms with Gasteiger partial charge in [0.25, 0.3) is 0 Å². The number of allylic oxidation sites excluding steroid dienone is 1. The highest BCUT2D eigenvalue weighted by Gasteiger charge is 2.48. The van der Waals surface area contributed by atoms with Gasteiger partial charge in [0, 0.05) is 53.9 Å². The second-order valence-electron chi connectivity index (χ2n) is 35.4. The zero-order valence-corrected chi connectivity index (χ0v) is 75.6. The van der Waals surface area contributed by atoms with Crippen LogP contribution in [0.1, 0.15) is 171 Å². The van der Waals surface area contributed by atoms with Crippen LogP contribution < -0.4 is 53.0 Å². The van der Waals surface area contributed by atoms with E-state index in [9.17, 15) is 14.4 Å². The molecule has 9 atom stereocenters. The van der Waals surface area contributed by atoms with Crippen LogP contribution in [0.15, 0.2) is 224 Å². The Balaban J connectivity index is 0.996. The number of nitrogens with one attached hydrogen (secondary N) is 8. The Morgan fingerprint density at radius 3 is 1.66 bits per heavy atom. The minimum absolute atomic E-state index is 0.0686. The van der Waals surface area contributed by atoms with E-state index in [1.165, 1.54) is 11.8 Å². The molecule has 8 aromatic rings. The van der Waals surface area contributed by atoms with Crippen LogP contribution in [0, 0.1) is 5.92 Å². The predicted molar refractivity (Wildman–Crippen MR) is 493 cm³/mol. The van der Waals surface area contributed by atoms with Gasteiger partial charge in [-0.15, -0.1) is 11.8 Å². The number of carbonyl (C=O) groups is 10. The number of thioether (sulfide) groups is 1. The summed E-state index contributed by atoms with van der Waals surface area (Å²) in [5.74, 6) is -8.15. The summed E-state index contributed by atoms with van der Waals surface area (Å²) in [6.45, 7) is 21.5. The van der Waals surface area contributed by atoms with Gasteiger partial charge < -0.3 is 67.2 Å². The lowest BCUT2D eigenvalue weighted by Gasteiger charge is -2.44. The lowest BCUT2D eigenvalue weighted by atomic mass is 9.84. The molecule has 1 aliphatic heterocycles. The van der Waals surface area contributed by atoms with E-state index in [-0.39, 0.29) is 69.1 Å². The Morgan fingerprint density at radius 2 is 1.09 bits per heavy atom. The maximum absolute atomic E-state index is 16.1. The molecular weight excluding hydrogens is 1640 g/mol. The van der Waals surface area contributed by atoms with Crippen LogP contribution in [0.4, 0.5) is 9.59 Å². The second kappa shape index (κ2) is 42.7. The van der Waals surface area contributed by atoms with Gasteiger partial charge in [-0.1, -0.05) is 234 Å². The minimum Gasteiger partial charge on any atom is -0.488 e. The number of benzene rings is 8. The lowest BCUT2D eigenvalue weighted by molar-refractivity contribution is -0.140. The Labute approximate surface area is 745 Å². The van der Waals surface area contributed by atoms with Gasteiger partial charge in [-0.05, 0) is 194 Å². The lowest BCUT2D eigenvalue weighted by Crippen LogP contribution is -2.63. The van der Waals surface area contributed by atoms with Gasteiger partial charge in [-0.3, -0.25) is 38.4 Å². The van der Waals surface area contributed by atoms with Crippen molar-refractivity contribution in [2.24, 2.45) is 11.7 Å². The second-order valence-corrected chi connectivity index (χ2v) is 39.8. The van der Waals surface area contributed by atoms with E-state index in [4.69, 9.17) is 24.7 Å². The molecule has 26 heteroatoms. The number of unbranched alkanes of at least 4 members (excludes halogenated alkanes) is 1. The monoisotopic (exact) mass is 1750 g/mol. The van der Waals surface area contributed by atoms with Crippen LogP contribution in [0.25, 0.3) is 16.7 Å². The molecule has 0 bridgehead atoms. The van der Waals surface area contributed by atoms with Crippen molar-refractivity contribution in [1.29, 1.82) is 0 Å². The minimum atomic E-state index is -1.63. The van der Waals surface area contributed by atoms with Gasteiger partial charge in [-0.2, -0.15) is 0 Å². The van der Waals surface area contributed by atoms with Crippen molar-refractivity contribution in [3.05, 3.63) is 275 Å². The summed E-state index contributed by atoms with van der Waals surface area (Å²) in [7, 11) is 2.09. The van der Waals surface area contributed by atoms with E-state index in [1.807, 2.05) is 197 Å². The molecular formula is C99H117N9O14S3. The van der Waals surface area contributed by atoms with Gasteiger partial charge in [0.2, 0.25) is 41.4 Å². The van der Waals surface area contributed by atoms with Crippen molar-refractivity contribution in [2.45, 2.75) is 215 Å². The Morgan fingerprint density at radius 1 is 0.544 bits per heavy atom. The summed E-state index contributed by atoms with van der Waals surface area (Å²) in [6, 6.07) is 58.4. The first-order valence-electron chi connectivity index (χ1n) is 42.6. The van der Waals surface area contributed by atoms with Crippen molar-refractivity contribution in [2.75, 3.05) is 24.7 Å². The Bertz CT molecular complexity index is 4980. The number of fused-ring (bicyclic) bond motifs is 4. The van der Waals surface area contributed by atoms with Crippen LogP contribution in [0.3, 0.4) is 0 Å². The summed E-state index contributed by atoms with van der Waals surface area (Å²) in [5, 5.41) is 23.4. The highest BCUT2D eigenvalue weighted by molar-refractivity contribution is 8.76. The molecule has 23 nitrogen and oxygen atoms in total. The smallest absolute Gasteiger partial charge is 0.407 e. The molecule has 660 valence electrons. The number of primary amides is 1. The first kappa shape index (κ1) is 94.5. The van der Waals surface area contributed by atoms with Gasteiger partial charge in [0.1, 0.15) is 59.8 Å². The molecule has 1 unspecified atom stereocenters. The predicted octanol–water partition coefficient (Wildman–Crippen LogP) is 14.4. The molecule has 11 rings (SSSR count). The molecule has 0 radical (unpaired) electrons. The maximum atomic E-state index is 16.1. The molecule has 2 aliphatic carbocycles. The largest absolute Gasteiger partial charge is 0.488 e. The standard InChI is InChI=1S/C99H117N9O14S3/c1-62(120-95(2,3)4)84-92(116)105-82(91(115)108-85(86(100)110)98(11,12)125-99(68-36-19-14-20-37-68,69-38-21-15-22-39-69)70-40-23-16-24-41-70)61-124-123-60-81(104-89(113)79(56-63-33-17-13-18-34-63)106-94(118)119-59-77-75-45-29-27-43-73(75)74-44-28-30-46-76(74)77)83(109)58-67(55-64-48-52-71(53-49-64)121-96(5,6)7)87(111)103-80(57-66-51-50-65-35-25-26-42-72(65)66)90(114)102-78(88(112)107-84)47-31-32-54-101-93(117)122-97(8,9)10/h13-30,33-46,48-49,51-53,62,67,77-82,84-85H,31-32,47,50,54-61H2,1-12H3,(H2,100,110)(H,101,117)(H,102,114)(H,103,111)(H,104,113)(H,105,116)(H,106,118)(H,107,112)(H,108,115)/t62?,67-,78+,79-,80-,81+,82+,84+,85-/m1/s1. The molecule has 1 fully saturated rings. The molecule has 0 saturated carbocycles. The van der Waals surface area contributed by atoms with E-state index in [0.29, 0.717) is 28.9 Å². The topological polar surface area (TPSA) is 330 Å². The number of nitrogens with two attached hydrogens (primary N) is 1. The summed E-state index contributed by atoms with van der Waals surface area (Å²) in [5.41, 5.74) is 14.5. The zero-order chi connectivity index (χ0) is 89.8. The van der Waals surface area contributed by atoms with Gasteiger partial charge >= 0.3 is 12.2 Å². The molecule has 3 aliphatic rings. The molecule has 10 N–H and O–H groups in total. The third-order valence-corrected chi connectivity index (χ3v) is 26.0. The average Bonchev–Trinajstić information content (AvgIpc) is 1.54. The molecule has 0 aromatic heterocycles. The Kier molecular flexibility index (Phi) is 32.2. The summed E-state index contributed by atoms with van der Waals surface area (Å²) >= 11 is 1.39. The zero-order valence-electron chi connectivity index (χ0n) is 73.1. The van der Waals surface area contributed by atoms with Crippen molar-refractivity contribution >= 4 is 98.2 Å². The number of carbonyl (C=O) groups excluding carboxylic acids is 10. The normalized spacial score (nSPS) is 19.0.